The normalized spacial score (nSPS) is 16.4. The van der Waals surface area contributed by atoms with Crippen LogP contribution < -0.4 is 10.0 Å². The Balaban J connectivity index is 1.74. The van der Waals surface area contributed by atoms with Crippen LogP contribution in [0.2, 0.25) is 5.02 Å². The van der Waals surface area contributed by atoms with Gasteiger partial charge in [-0.15, -0.1) is 18.3 Å². The van der Waals surface area contributed by atoms with E-state index in [1.165, 1.54) is 30.3 Å². The number of amides is 1. The molecular formula is C19H19ClN2O3S2. The average molecular weight is 423 g/mol. The fourth-order valence-electron chi connectivity index (χ4n) is 2.79. The van der Waals surface area contributed by atoms with Gasteiger partial charge >= 0.3 is 0 Å². The van der Waals surface area contributed by atoms with Gasteiger partial charge in [0.2, 0.25) is 10.0 Å². The molecule has 0 saturated carbocycles. The van der Waals surface area contributed by atoms with Crippen LogP contribution in [0.5, 0.6) is 0 Å². The number of benzene rings is 2. The second-order valence-electron chi connectivity index (χ2n) is 6.01. The minimum Gasteiger partial charge on any atom is -0.345 e. The Morgan fingerprint density at radius 3 is 2.70 bits per heavy atom. The van der Waals surface area contributed by atoms with E-state index in [2.05, 4.69) is 16.6 Å². The maximum atomic E-state index is 12.6. The summed E-state index contributed by atoms with van der Waals surface area (Å²) in [5, 5.41) is 3.66. The number of carbonyl (C=O) groups excluding carboxylic acids is 1. The lowest BCUT2D eigenvalue weighted by Gasteiger charge is -2.26. The maximum Gasteiger partial charge on any atom is 0.251 e. The molecule has 2 aromatic rings. The molecule has 1 aliphatic rings. The van der Waals surface area contributed by atoms with Gasteiger partial charge in [-0.05, 0) is 54.4 Å². The smallest absolute Gasteiger partial charge is 0.251 e. The van der Waals surface area contributed by atoms with E-state index >= 15 is 0 Å². The van der Waals surface area contributed by atoms with E-state index in [0.29, 0.717) is 10.6 Å². The van der Waals surface area contributed by atoms with Crippen LogP contribution in [0.3, 0.4) is 0 Å². The number of fused-ring (bicyclic) bond motifs is 1. The highest BCUT2D eigenvalue weighted by atomic mass is 35.5. The molecule has 142 valence electrons. The van der Waals surface area contributed by atoms with Crippen LogP contribution in [-0.2, 0) is 10.0 Å². The van der Waals surface area contributed by atoms with Gasteiger partial charge in [0.05, 0.1) is 10.9 Å². The van der Waals surface area contributed by atoms with Gasteiger partial charge in [-0.1, -0.05) is 17.7 Å². The first-order valence-corrected chi connectivity index (χ1v) is 11.2. The van der Waals surface area contributed by atoms with Gasteiger partial charge in [0.25, 0.3) is 5.91 Å². The second kappa shape index (κ2) is 8.48. The average Bonchev–Trinajstić information content (AvgIpc) is 2.67. The minimum atomic E-state index is -3.61. The summed E-state index contributed by atoms with van der Waals surface area (Å²) < 4.78 is 26.6. The summed E-state index contributed by atoms with van der Waals surface area (Å²) in [6.45, 7) is 3.63. The molecular weight excluding hydrogens is 404 g/mol. The third-order valence-corrected chi connectivity index (χ3v) is 6.96. The highest BCUT2D eigenvalue weighted by Gasteiger charge is 2.23. The first-order valence-electron chi connectivity index (χ1n) is 8.34. The van der Waals surface area contributed by atoms with Crippen molar-refractivity contribution in [3.8, 4) is 0 Å². The molecule has 0 spiro atoms. The molecule has 0 aromatic heterocycles. The largest absolute Gasteiger partial charge is 0.345 e. The Labute approximate surface area is 168 Å². The number of carbonyl (C=O) groups is 1. The van der Waals surface area contributed by atoms with E-state index in [0.717, 1.165) is 22.6 Å². The van der Waals surface area contributed by atoms with Gasteiger partial charge in [-0.2, -0.15) is 0 Å². The van der Waals surface area contributed by atoms with Crippen LogP contribution in [0.15, 0.2) is 64.9 Å². The Bertz CT molecular complexity index is 959. The van der Waals surface area contributed by atoms with Crippen LogP contribution in [0.1, 0.15) is 28.4 Å². The zero-order valence-electron chi connectivity index (χ0n) is 14.4. The molecule has 0 fully saturated rings. The van der Waals surface area contributed by atoms with E-state index in [-0.39, 0.29) is 23.4 Å². The van der Waals surface area contributed by atoms with Crippen molar-refractivity contribution >= 4 is 39.3 Å². The SMILES string of the molecule is C=CCNS(=O)(=O)c1ccc(C(=O)NC2CCSc3ccc(Cl)cc32)cc1. The fourth-order valence-corrected chi connectivity index (χ4v) is 5.08. The third-order valence-electron chi connectivity index (χ3n) is 4.16. The predicted molar refractivity (Wildman–Crippen MR) is 109 cm³/mol. The molecule has 1 amide bonds. The quantitative estimate of drug-likeness (QED) is 0.695. The van der Waals surface area contributed by atoms with Crippen LogP contribution in [0, 0.1) is 0 Å². The van der Waals surface area contributed by atoms with E-state index in [1.807, 2.05) is 18.2 Å². The number of hydrogen-bond acceptors (Lipinski definition) is 4. The monoisotopic (exact) mass is 422 g/mol. The molecule has 2 aromatic carbocycles. The summed E-state index contributed by atoms with van der Waals surface area (Å²) in [4.78, 5) is 13.8. The minimum absolute atomic E-state index is 0.104. The molecule has 1 aliphatic heterocycles. The van der Waals surface area contributed by atoms with Crippen molar-refractivity contribution < 1.29 is 13.2 Å². The summed E-state index contributed by atoms with van der Waals surface area (Å²) in [6.07, 6.45) is 2.27. The zero-order valence-corrected chi connectivity index (χ0v) is 16.8. The van der Waals surface area contributed by atoms with Gasteiger partial charge in [0.15, 0.2) is 0 Å². The molecule has 27 heavy (non-hydrogen) atoms. The summed E-state index contributed by atoms with van der Waals surface area (Å²) in [7, 11) is -3.61. The molecule has 1 heterocycles. The molecule has 1 atom stereocenters. The van der Waals surface area contributed by atoms with Crippen LogP contribution in [0.4, 0.5) is 0 Å². The predicted octanol–water partition coefficient (Wildman–Crippen LogP) is 3.77. The third kappa shape index (κ3) is 4.73. The van der Waals surface area contributed by atoms with Crippen LogP contribution >= 0.6 is 23.4 Å². The van der Waals surface area contributed by atoms with Gasteiger partial charge in [-0.3, -0.25) is 4.79 Å². The highest BCUT2D eigenvalue weighted by Crippen LogP contribution is 2.37. The van der Waals surface area contributed by atoms with Crippen molar-refractivity contribution in [2.45, 2.75) is 22.3 Å². The van der Waals surface area contributed by atoms with E-state index in [1.54, 1.807) is 11.8 Å². The lowest BCUT2D eigenvalue weighted by Crippen LogP contribution is -2.30. The molecule has 2 N–H and O–H groups in total. The number of sulfonamides is 1. The Kier molecular flexibility index (Phi) is 6.26. The zero-order chi connectivity index (χ0) is 19.4. The van der Waals surface area contributed by atoms with Crippen LogP contribution in [-0.4, -0.2) is 26.6 Å². The Hall–Kier alpha value is -1.80. The Morgan fingerprint density at radius 2 is 2.00 bits per heavy atom. The lowest BCUT2D eigenvalue weighted by atomic mass is 10.0. The number of nitrogens with one attached hydrogen (secondary N) is 2. The molecule has 0 saturated heterocycles. The molecule has 1 unspecified atom stereocenters. The second-order valence-corrected chi connectivity index (χ2v) is 9.35. The number of hydrogen-bond donors (Lipinski definition) is 2. The van der Waals surface area contributed by atoms with Gasteiger partial charge in [-0.25, -0.2) is 13.1 Å². The first-order chi connectivity index (χ1) is 12.9. The molecule has 0 radical (unpaired) electrons. The molecule has 3 rings (SSSR count). The van der Waals surface area contributed by atoms with Gasteiger partial charge in [0.1, 0.15) is 0 Å². The van der Waals surface area contributed by atoms with E-state index in [9.17, 15) is 13.2 Å². The van der Waals surface area contributed by atoms with Crippen molar-refractivity contribution in [2.24, 2.45) is 0 Å². The van der Waals surface area contributed by atoms with Crippen molar-refractivity contribution in [3.05, 3.63) is 71.3 Å². The fraction of sp³-hybridized carbons (Fsp3) is 0.211. The number of thioether (sulfide) groups is 1. The van der Waals surface area contributed by atoms with Crippen molar-refractivity contribution in [3.63, 3.8) is 0 Å². The van der Waals surface area contributed by atoms with E-state index < -0.39 is 10.0 Å². The number of rotatable bonds is 6. The highest BCUT2D eigenvalue weighted by molar-refractivity contribution is 7.99. The van der Waals surface area contributed by atoms with Crippen molar-refractivity contribution in [1.29, 1.82) is 0 Å². The first kappa shape index (κ1) is 19.9. The van der Waals surface area contributed by atoms with Crippen molar-refractivity contribution in [2.75, 3.05) is 12.3 Å². The topological polar surface area (TPSA) is 75.3 Å². The molecule has 0 aliphatic carbocycles. The summed E-state index contributed by atoms with van der Waals surface area (Å²) >= 11 is 7.85. The number of halogens is 1. The van der Waals surface area contributed by atoms with Gasteiger partial charge in [0, 0.05) is 27.8 Å². The van der Waals surface area contributed by atoms with Crippen molar-refractivity contribution in [1.82, 2.24) is 10.0 Å². The molecule has 0 bridgehead atoms. The standard InChI is InChI=1S/C19H19ClN2O3S2/c1-2-10-21-27(24,25)15-6-3-13(4-7-15)19(23)22-17-9-11-26-18-8-5-14(20)12-16(17)18/h2-8,12,17,21H,1,9-11H2,(H,22,23). The summed E-state index contributed by atoms with van der Waals surface area (Å²) in [5.41, 5.74) is 1.42. The molecule has 5 nitrogen and oxygen atoms in total. The summed E-state index contributed by atoms with van der Waals surface area (Å²) in [6, 6.07) is 11.4. The Morgan fingerprint density at radius 1 is 1.26 bits per heavy atom. The summed E-state index contributed by atoms with van der Waals surface area (Å²) in [5.74, 6) is 0.659. The lowest BCUT2D eigenvalue weighted by molar-refractivity contribution is 0.0935. The van der Waals surface area contributed by atoms with Gasteiger partial charge < -0.3 is 5.32 Å². The maximum absolute atomic E-state index is 12.6. The van der Waals surface area contributed by atoms with E-state index in [4.69, 9.17) is 11.6 Å². The molecule has 8 heteroatoms. The van der Waals surface area contributed by atoms with Crippen LogP contribution in [0.25, 0.3) is 0 Å².